The van der Waals surface area contributed by atoms with Crippen LogP contribution in [0.4, 0.5) is 0 Å². The molecule has 1 aliphatic heterocycles. The second kappa shape index (κ2) is 6.65. The summed E-state index contributed by atoms with van der Waals surface area (Å²) in [6.07, 6.45) is -5.86. The number of nitrogens with zero attached hydrogens (tertiary/aromatic N) is 1. The van der Waals surface area contributed by atoms with E-state index in [9.17, 15) is 39.6 Å². The van der Waals surface area contributed by atoms with Gasteiger partial charge in [0.25, 0.3) is 5.79 Å². The predicted octanol–water partition coefficient (Wildman–Crippen LogP) is -2.90. The summed E-state index contributed by atoms with van der Waals surface area (Å²) in [4.78, 5) is 48.5. The molecule has 1 saturated heterocycles. The summed E-state index contributed by atoms with van der Waals surface area (Å²) >= 11 is 0. The maximum atomic E-state index is 12.4. The van der Waals surface area contributed by atoms with E-state index in [1.54, 1.807) is 0 Å². The van der Waals surface area contributed by atoms with Crippen LogP contribution >= 0.6 is 0 Å². The van der Waals surface area contributed by atoms with E-state index in [4.69, 9.17) is 4.74 Å². The molecule has 0 radical (unpaired) electrons. The minimum absolute atomic E-state index is 0.193. The van der Waals surface area contributed by atoms with E-state index in [1.807, 2.05) is 0 Å². The molecular weight excluding hydrogens is 326 g/mol. The maximum absolute atomic E-state index is 12.4. The van der Waals surface area contributed by atoms with Gasteiger partial charge < -0.3 is 25.2 Å². The highest BCUT2D eigenvalue weighted by atomic mass is 16.7. The molecule has 0 spiro atoms. The van der Waals surface area contributed by atoms with E-state index in [2.05, 4.69) is 0 Å². The lowest BCUT2D eigenvalue weighted by molar-refractivity contribution is -0.334. The highest BCUT2D eigenvalue weighted by Gasteiger charge is 2.73. The second-order valence-electron chi connectivity index (χ2n) is 5.67. The first-order chi connectivity index (χ1) is 10.9. The topological polar surface area (TPSA) is 162 Å². The first-order valence-electron chi connectivity index (χ1n) is 7.10. The fraction of sp³-hybridized carbons (Fsp3) is 0.714. The van der Waals surface area contributed by atoms with Gasteiger partial charge in [-0.1, -0.05) is 0 Å². The number of amides is 2. The molecule has 1 aliphatic rings. The van der Waals surface area contributed by atoms with Crippen molar-refractivity contribution < 1.29 is 44.3 Å². The first-order valence-corrected chi connectivity index (χ1v) is 7.10. The number of hydrogen-bond acceptors (Lipinski definition) is 9. The van der Waals surface area contributed by atoms with Crippen LogP contribution in [0.3, 0.4) is 0 Å². The Hall–Kier alpha value is -1.72. The van der Waals surface area contributed by atoms with Crippen molar-refractivity contribution in [2.75, 3.05) is 6.61 Å². The third-order valence-corrected chi connectivity index (χ3v) is 4.15. The summed E-state index contributed by atoms with van der Waals surface area (Å²) in [5.74, 6) is -7.63. The SMILES string of the molecule is CC(=O)N(C(C)=O)[C@]1(C(C)=O)[C@@H](O)[C@H](O)[C@@H](CO)OC1(O)C(C)=O. The summed E-state index contributed by atoms with van der Waals surface area (Å²) in [6, 6.07) is 0. The van der Waals surface area contributed by atoms with E-state index < -0.39 is 59.6 Å². The summed E-state index contributed by atoms with van der Waals surface area (Å²) in [7, 11) is 0. The lowest BCUT2D eigenvalue weighted by Crippen LogP contribution is -2.84. The van der Waals surface area contributed by atoms with Gasteiger partial charge in [-0.3, -0.25) is 24.1 Å². The van der Waals surface area contributed by atoms with Gasteiger partial charge in [0.05, 0.1) is 6.61 Å². The number of imide groups is 1. The molecule has 0 saturated carbocycles. The van der Waals surface area contributed by atoms with Gasteiger partial charge in [-0.05, 0) is 6.92 Å². The molecule has 5 atom stereocenters. The minimum atomic E-state index is -3.15. The summed E-state index contributed by atoms with van der Waals surface area (Å²) in [5.41, 5.74) is -2.90. The molecule has 10 heteroatoms. The van der Waals surface area contributed by atoms with E-state index in [1.165, 1.54) is 0 Å². The van der Waals surface area contributed by atoms with Crippen molar-refractivity contribution in [3.05, 3.63) is 0 Å². The monoisotopic (exact) mass is 347 g/mol. The van der Waals surface area contributed by atoms with Crippen LogP contribution in [0.1, 0.15) is 27.7 Å². The van der Waals surface area contributed by atoms with Crippen LogP contribution in [-0.2, 0) is 23.9 Å². The van der Waals surface area contributed by atoms with Crippen molar-refractivity contribution in [2.24, 2.45) is 0 Å². The Morgan fingerprint density at radius 2 is 1.46 bits per heavy atom. The molecule has 0 aromatic heterocycles. The summed E-state index contributed by atoms with van der Waals surface area (Å²) in [5, 5.41) is 40.6. The highest BCUT2D eigenvalue weighted by molar-refractivity contribution is 6.06. The van der Waals surface area contributed by atoms with E-state index >= 15 is 0 Å². The number of ether oxygens (including phenoxy) is 1. The molecule has 1 rings (SSSR count). The van der Waals surface area contributed by atoms with E-state index in [0.29, 0.717) is 0 Å². The molecule has 0 aromatic carbocycles. The smallest absolute Gasteiger partial charge is 0.261 e. The number of hydrogen-bond donors (Lipinski definition) is 4. The maximum Gasteiger partial charge on any atom is 0.261 e. The summed E-state index contributed by atoms with van der Waals surface area (Å²) < 4.78 is 5.00. The zero-order valence-corrected chi connectivity index (χ0v) is 13.7. The molecular formula is C14H21NO9. The molecule has 136 valence electrons. The fourth-order valence-electron chi connectivity index (χ4n) is 3.13. The largest absolute Gasteiger partial charge is 0.394 e. The number of carbonyl (C=O) groups is 4. The molecule has 1 unspecified atom stereocenters. The molecule has 2 amide bonds. The van der Waals surface area contributed by atoms with Crippen LogP contribution in [0.25, 0.3) is 0 Å². The Bertz CT molecular complexity index is 563. The first kappa shape index (κ1) is 20.3. The standard InChI is InChI=1S/C14H21NO9/c1-6(17)13(15(8(3)19)9(4)20)12(22)11(21)10(5-16)24-14(13,23)7(2)18/h10-12,16,21-23H,5H2,1-4H3/t10-,11-,12+,13-,14?/m1/s1. The quantitative estimate of drug-likeness (QED) is 0.418. The third-order valence-electron chi connectivity index (χ3n) is 4.15. The molecule has 1 heterocycles. The van der Waals surface area contributed by atoms with Crippen molar-refractivity contribution in [1.82, 2.24) is 4.90 Å². The number of aliphatic hydroxyl groups excluding tert-OH is 3. The van der Waals surface area contributed by atoms with Crippen molar-refractivity contribution >= 4 is 23.4 Å². The number of rotatable bonds is 4. The number of carbonyl (C=O) groups excluding carboxylic acids is 4. The summed E-state index contributed by atoms with van der Waals surface area (Å²) in [6.45, 7) is 2.50. The third kappa shape index (κ3) is 2.56. The van der Waals surface area contributed by atoms with Crippen molar-refractivity contribution in [1.29, 1.82) is 0 Å². The van der Waals surface area contributed by atoms with Crippen LogP contribution in [0.2, 0.25) is 0 Å². The number of ketones is 2. The Labute approximate surface area is 137 Å². The van der Waals surface area contributed by atoms with Gasteiger partial charge in [0.2, 0.25) is 11.8 Å². The van der Waals surface area contributed by atoms with Gasteiger partial charge in [0, 0.05) is 20.8 Å². The zero-order valence-electron chi connectivity index (χ0n) is 13.7. The van der Waals surface area contributed by atoms with Gasteiger partial charge in [0.15, 0.2) is 17.1 Å². The number of Topliss-reactive ketones (excluding diaryl/α,β-unsaturated/α-hetero) is 2. The highest BCUT2D eigenvalue weighted by Crippen LogP contribution is 2.42. The van der Waals surface area contributed by atoms with Crippen molar-refractivity contribution in [3.63, 3.8) is 0 Å². The Kier molecular flexibility index (Phi) is 5.63. The fourth-order valence-corrected chi connectivity index (χ4v) is 3.13. The van der Waals surface area contributed by atoms with Gasteiger partial charge in [0.1, 0.15) is 18.3 Å². The van der Waals surface area contributed by atoms with Gasteiger partial charge in [-0.2, -0.15) is 0 Å². The van der Waals surface area contributed by atoms with E-state index in [-0.39, 0.29) is 4.90 Å². The average Bonchev–Trinajstić information content (AvgIpc) is 2.45. The molecule has 10 nitrogen and oxygen atoms in total. The zero-order chi connectivity index (χ0) is 19.0. The molecule has 24 heavy (non-hydrogen) atoms. The van der Waals surface area contributed by atoms with Gasteiger partial charge in [-0.25, -0.2) is 0 Å². The Balaban J connectivity index is 3.86. The molecule has 4 N–H and O–H groups in total. The Morgan fingerprint density at radius 1 is 1.00 bits per heavy atom. The second-order valence-corrected chi connectivity index (χ2v) is 5.67. The predicted molar refractivity (Wildman–Crippen MR) is 76.2 cm³/mol. The normalized spacial score (nSPS) is 36.1. The molecule has 1 fully saturated rings. The van der Waals surface area contributed by atoms with Crippen LogP contribution in [0.5, 0.6) is 0 Å². The van der Waals surface area contributed by atoms with Crippen molar-refractivity contribution in [3.8, 4) is 0 Å². The average molecular weight is 347 g/mol. The van der Waals surface area contributed by atoms with E-state index in [0.717, 1.165) is 27.7 Å². The van der Waals surface area contributed by atoms with Gasteiger partial charge >= 0.3 is 0 Å². The lowest BCUT2D eigenvalue weighted by atomic mass is 9.71. The van der Waals surface area contributed by atoms with Crippen molar-refractivity contribution in [2.45, 2.75) is 57.3 Å². The molecule has 0 aliphatic carbocycles. The lowest BCUT2D eigenvalue weighted by Gasteiger charge is -2.56. The Morgan fingerprint density at radius 3 is 1.75 bits per heavy atom. The number of aliphatic hydroxyl groups is 4. The van der Waals surface area contributed by atoms with Crippen LogP contribution in [-0.4, -0.2) is 85.0 Å². The van der Waals surface area contributed by atoms with Gasteiger partial charge in [-0.15, -0.1) is 0 Å². The molecule has 0 bridgehead atoms. The molecule has 0 aromatic rings. The minimum Gasteiger partial charge on any atom is -0.394 e. The van der Waals surface area contributed by atoms with Crippen LogP contribution in [0.15, 0.2) is 0 Å². The van der Waals surface area contributed by atoms with Crippen LogP contribution < -0.4 is 0 Å². The van der Waals surface area contributed by atoms with Crippen LogP contribution in [0, 0.1) is 0 Å².